The van der Waals surface area contributed by atoms with Gasteiger partial charge in [-0.15, -0.1) is 0 Å². The lowest BCUT2D eigenvalue weighted by Crippen LogP contribution is -2.44. The fourth-order valence-electron chi connectivity index (χ4n) is 7.60. The van der Waals surface area contributed by atoms with E-state index in [9.17, 15) is 4.79 Å². The molecule has 4 aromatic carbocycles. The second-order valence-electron chi connectivity index (χ2n) is 14.3. The van der Waals surface area contributed by atoms with E-state index in [-0.39, 0.29) is 17.3 Å². The summed E-state index contributed by atoms with van der Waals surface area (Å²) in [7, 11) is 3.70. The van der Waals surface area contributed by atoms with Gasteiger partial charge in [-0.3, -0.25) is 4.79 Å². The Bertz CT molecular complexity index is 1750. The van der Waals surface area contributed by atoms with Crippen molar-refractivity contribution in [1.29, 1.82) is 0 Å². The number of rotatable bonds is 6. The maximum absolute atomic E-state index is 12.8. The first-order valence-corrected chi connectivity index (χ1v) is 20.4. The molecule has 0 bridgehead atoms. The summed E-state index contributed by atoms with van der Waals surface area (Å²) in [4.78, 5) is 12.8. The van der Waals surface area contributed by atoms with E-state index in [1.165, 1.54) is 38.9 Å². The number of hydrogen-bond acceptors (Lipinski definition) is 5. The van der Waals surface area contributed by atoms with E-state index in [2.05, 4.69) is 105 Å². The molecule has 250 valence electrons. The first-order valence-electron chi connectivity index (χ1n) is 17.0. The second kappa shape index (κ2) is 14.0. The number of allylic oxidation sites excluding steroid dienone is 1. The Labute approximate surface area is 287 Å². The van der Waals surface area contributed by atoms with Crippen LogP contribution in [0.1, 0.15) is 49.3 Å². The van der Waals surface area contributed by atoms with Gasteiger partial charge in [-0.1, -0.05) is 97.1 Å². The fraction of sp³-hybridized carbons (Fsp3) is 0.357. The molecular formula is C42H48O5Si. The highest BCUT2D eigenvalue weighted by molar-refractivity contribution is 6.70. The summed E-state index contributed by atoms with van der Waals surface area (Å²) >= 11 is 0. The average Bonchev–Trinajstić information content (AvgIpc) is 3.87. The lowest BCUT2D eigenvalue weighted by Gasteiger charge is -2.33. The van der Waals surface area contributed by atoms with Crippen molar-refractivity contribution in [2.24, 2.45) is 5.92 Å². The van der Waals surface area contributed by atoms with Gasteiger partial charge in [0, 0.05) is 58.1 Å². The van der Waals surface area contributed by atoms with Gasteiger partial charge in [-0.05, 0) is 71.9 Å². The number of Topliss-reactive ketones (excluding diaryl/α,β-unsaturated/α-hetero) is 1. The molecule has 0 amide bonds. The highest BCUT2D eigenvalue weighted by atomic mass is 28.4. The van der Waals surface area contributed by atoms with Crippen LogP contribution in [0.2, 0.25) is 19.6 Å². The molecule has 0 fully saturated rings. The van der Waals surface area contributed by atoms with E-state index >= 15 is 0 Å². The number of fused-ring (bicyclic) bond motifs is 4. The summed E-state index contributed by atoms with van der Waals surface area (Å²) in [6, 6.07) is 33.3. The number of methoxy groups -OCH3 is 3. The minimum absolute atomic E-state index is 0.0627. The number of hydrogen-bond donors (Lipinski definition) is 0. The average molecular weight is 661 g/mol. The molecule has 4 aliphatic rings. The van der Waals surface area contributed by atoms with Crippen LogP contribution in [0.5, 0.6) is 0 Å². The van der Waals surface area contributed by atoms with Crippen LogP contribution in [0.25, 0.3) is 5.76 Å². The molecule has 5 nitrogen and oxygen atoms in total. The smallest absolute Gasteiger partial charge is 0.242 e. The summed E-state index contributed by atoms with van der Waals surface area (Å²) in [6.07, 6.45) is 7.41. The van der Waals surface area contributed by atoms with Crippen molar-refractivity contribution >= 4 is 19.9 Å². The highest BCUT2D eigenvalue weighted by Crippen LogP contribution is 2.44. The van der Waals surface area contributed by atoms with Gasteiger partial charge in [-0.2, -0.15) is 0 Å². The standard InChI is InChI=1S/C19H18O2.C12H16OSi.C11H14O2/c1-21-19(11-14-7-2-3-8-15(14)12-19)17-10-13-6-4-5-9-16(13)18(17)20;1-14(2,3)13-12-9-8-10-6-4-5-7-11(10)12;1-12-11(13-2)7-9-5-3-4-6-10(9)8-11/h2-9,17H,10-12H2,1H3;4-7,9H,8H2,1-3H3;3-6H,7-8H2,1-2H3. The van der Waals surface area contributed by atoms with Gasteiger partial charge < -0.3 is 18.6 Å². The molecule has 1 unspecified atom stereocenters. The number of ketones is 1. The van der Waals surface area contributed by atoms with Crippen molar-refractivity contribution in [2.75, 3.05) is 21.3 Å². The van der Waals surface area contributed by atoms with Crippen molar-refractivity contribution in [3.05, 3.63) is 148 Å². The summed E-state index contributed by atoms with van der Waals surface area (Å²) in [5, 5.41) is 0. The minimum atomic E-state index is -1.46. The quantitative estimate of drug-likeness (QED) is 0.154. The maximum Gasteiger partial charge on any atom is 0.242 e. The Morgan fingerprint density at radius 2 is 1.04 bits per heavy atom. The number of benzene rings is 4. The van der Waals surface area contributed by atoms with Crippen LogP contribution in [0.4, 0.5) is 0 Å². The fourth-order valence-corrected chi connectivity index (χ4v) is 8.45. The molecule has 8 rings (SSSR count). The Morgan fingerprint density at radius 1 is 0.583 bits per heavy atom. The molecule has 6 heteroatoms. The third-order valence-electron chi connectivity index (χ3n) is 10.2. The minimum Gasteiger partial charge on any atom is -0.544 e. The third kappa shape index (κ3) is 6.99. The Kier molecular flexibility index (Phi) is 9.91. The first kappa shape index (κ1) is 34.1. The van der Waals surface area contributed by atoms with Gasteiger partial charge in [0.05, 0.1) is 11.5 Å². The zero-order valence-electron chi connectivity index (χ0n) is 29.2. The second-order valence-corrected chi connectivity index (χ2v) is 18.7. The van der Waals surface area contributed by atoms with Crippen molar-refractivity contribution in [2.45, 2.75) is 69.6 Å². The van der Waals surface area contributed by atoms with Gasteiger partial charge >= 0.3 is 0 Å². The van der Waals surface area contributed by atoms with E-state index < -0.39 is 14.1 Å². The SMILES string of the molecule is COC1(C2Cc3ccccc3C2=O)Cc2ccccc2C1.COC1(OC)Cc2ccccc2C1.C[Si](C)(C)OC1=CCc2ccccc21. The first-order chi connectivity index (χ1) is 23.1. The van der Waals surface area contributed by atoms with Crippen LogP contribution in [0, 0.1) is 5.92 Å². The number of carbonyl (C=O) groups is 1. The zero-order valence-corrected chi connectivity index (χ0v) is 30.2. The number of carbonyl (C=O) groups excluding carboxylic acids is 1. The summed E-state index contributed by atoms with van der Waals surface area (Å²) in [6.45, 7) is 6.65. The van der Waals surface area contributed by atoms with Crippen LogP contribution < -0.4 is 0 Å². The van der Waals surface area contributed by atoms with Gasteiger partial charge in [0.2, 0.25) is 8.32 Å². The predicted molar refractivity (Wildman–Crippen MR) is 195 cm³/mol. The molecule has 0 heterocycles. The van der Waals surface area contributed by atoms with Crippen LogP contribution >= 0.6 is 0 Å². The molecule has 4 aromatic rings. The third-order valence-corrected chi connectivity index (χ3v) is 11.0. The maximum atomic E-state index is 12.8. The normalized spacial score (nSPS) is 19.1. The molecule has 1 atom stereocenters. The molecule has 0 aromatic heterocycles. The van der Waals surface area contributed by atoms with Gasteiger partial charge in [-0.25, -0.2) is 0 Å². The molecule has 0 radical (unpaired) electrons. The molecule has 0 aliphatic heterocycles. The van der Waals surface area contributed by atoms with Crippen LogP contribution in [-0.4, -0.2) is 46.8 Å². The Balaban J connectivity index is 0.000000131. The molecule has 48 heavy (non-hydrogen) atoms. The Morgan fingerprint density at radius 3 is 1.52 bits per heavy atom. The van der Waals surface area contributed by atoms with Crippen LogP contribution in [0.15, 0.2) is 103 Å². The van der Waals surface area contributed by atoms with E-state index in [0.717, 1.165) is 49.8 Å². The van der Waals surface area contributed by atoms with E-state index in [1.54, 1.807) is 21.3 Å². The van der Waals surface area contributed by atoms with Crippen molar-refractivity contribution in [3.63, 3.8) is 0 Å². The van der Waals surface area contributed by atoms with Gasteiger partial charge in [0.15, 0.2) is 11.6 Å². The van der Waals surface area contributed by atoms with E-state index in [4.69, 9.17) is 18.6 Å². The lowest BCUT2D eigenvalue weighted by molar-refractivity contribution is -0.198. The molecule has 0 spiro atoms. The van der Waals surface area contributed by atoms with Crippen LogP contribution in [-0.2, 0) is 57.2 Å². The van der Waals surface area contributed by atoms with Crippen molar-refractivity contribution < 1.29 is 23.4 Å². The lowest BCUT2D eigenvalue weighted by atomic mass is 9.81. The number of ether oxygens (including phenoxy) is 3. The highest BCUT2D eigenvalue weighted by Gasteiger charge is 2.50. The molecule has 4 aliphatic carbocycles. The summed E-state index contributed by atoms with van der Waals surface area (Å²) < 4.78 is 22.8. The van der Waals surface area contributed by atoms with Gasteiger partial charge in [0.25, 0.3) is 0 Å². The molecule has 0 saturated heterocycles. The summed E-state index contributed by atoms with van der Waals surface area (Å²) in [5.41, 5.74) is 9.67. The topological polar surface area (TPSA) is 54.0 Å². The predicted octanol–water partition coefficient (Wildman–Crippen LogP) is 8.44. The Hall–Kier alpha value is -3.81. The van der Waals surface area contributed by atoms with Crippen molar-refractivity contribution in [1.82, 2.24) is 0 Å². The van der Waals surface area contributed by atoms with Gasteiger partial charge in [0.1, 0.15) is 5.76 Å². The molecular weight excluding hydrogens is 613 g/mol. The van der Waals surface area contributed by atoms with E-state index in [0.29, 0.717) is 0 Å². The van der Waals surface area contributed by atoms with Crippen LogP contribution in [0.3, 0.4) is 0 Å². The van der Waals surface area contributed by atoms with Crippen molar-refractivity contribution in [3.8, 4) is 0 Å². The summed E-state index contributed by atoms with van der Waals surface area (Å²) in [5.74, 6) is 0.872. The monoisotopic (exact) mass is 660 g/mol. The zero-order chi connectivity index (χ0) is 33.9. The largest absolute Gasteiger partial charge is 0.544 e. The van der Waals surface area contributed by atoms with E-state index in [1.807, 2.05) is 18.2 Å². The molecule has 0 N–H and O–H groups in total. The molecule has 0 saturated carbocycles.